The molecule has 0 fully saturated rings. The van der Waals surface area contributed by atoms with Crippen LogP contribution in [0.3, 0.4) is 0 Å². The fourth-order valence-electron chi connectivity index (χ4n) is 2.78. The van der Waals surface area contributed by atoms with Crippen molar-refractivity contribution in [1.82, 2.24) is 14.7 Å². The van der Waals surface area contributed by atoms with Gasteiger partial charge in [0.05, 0.1) is 0 Å². The Morgan fingerprint density at radius 3 is 0.561 bits per heavy atom. The summed E-state index contributed by atoms with van der Waals surface area (Å²) in [6.45, 7) is 9.34. The van der Waals surface area contributed by atoms with Gasteiger partial charge in [0, 0.05) is 75.1 Å². The molecule has 2 radical (unpaired) electrons. The minimum Gasteiger partial charge on any atom is -0.550 e. The van der Waals surface area contributed by atoms with Crippen LogP contribution in [0.25, 0.3) is 0 Å². The van der Waals surface area contributed by atoms with Crippen LogP contribution < -0.4 is 30.6 Å². The number of carbonyl (C=O) groups excluding carboxylic acids is 6. The molecule has 0 rings (SSSR count). The zero-order valence-corrected chi connectivity index (χ0v) is 25.8. The fourth-order valence-corrected chi connectivity index (χ4v) is 2.78. The van der Waals surface area contributed by atoms with Gasteiger partial charge in [-0.25, -0.2) is 0 Å². The number of hydrogen-bond acceptors (Lipinski definition) is 15. The summed E-state index contributed by atoms with van der Waals surface area (Å²) in [6.07, 6.45) is -0.411. The molecule has 0 bridgehead atoms. The molecule has 0 aliphatic rings. The van der Waals surface area contributed by atoms with Crippen molar-refractivity contribution in [2.24, 2.45) is 0 Å². The average molecular weight is 673 g/mol. The van der Waals surface area contributed by atoms with Crippen molar-refractivity contribution >= 4 is 35.8 Å². The second-order valence-corrected chi connectivity index (χ2v) is 8.03. The van der Waals surface area contributed by atoms with Crippen LogP contribution in [0.15, 0.2) is 0 Å². The second-order valence-electron chi connectivity index (χ2n) is 8.03. The monoisotopic (exact) mass is 673 g/mol. The number of carboxylic acid groups (broad SMARTS) is 6. The Kier molecular flexibility index (Phi) is 38.1. The van der Waals surface area contributed by atoms with Gasteiger partial charge in [0.2, 0.25) is 0 Å². The summed E-state index contributed by atoms with van der Waals surface area (Å²) in [4.78, 5) is 65.7. The Bertz CT molecular complexity index is 596. The standard InChI is InChI=1S/3C8H15NO4.2Fe/c3*1-2-9(5-3-7(10)11)6-4-8(12)13;;/h3*2-6H2,1H3,(H,10,11)(H,12,13);;/q;;;2*+3/p-6. The molecular weight excluding hydrogens is 634 g/mol. The van der Waals surface area contributed by atoms with Crippen molar-refractivity contribution in [3.63, 3.8) is 0 Å². The van der Waals surface area contributed by atoms with Crippen LogP contribution >= 0.6 is 0 Å². The molecular formula is C24H39Fe2N3O12. The molecule has 0 aromatic carbocycles. The number of nitrogens with zero attached hydrogens (tertiary/aromatic N) is 3. The van der Waals surface area contributed by atoms with Gasteiger partial charge in [0.25, 0.3) is 0 Å². The van der Waals surface area contributed by atoms with Crippen molar-refractivity contribution in [3.8, 4) is 0 Å². The summed E-state index contributed by atoms with van der Waals surface area (Å²) in [7, 11) is 0. The minimum absolute atomic E-state index is 0. The Morgan fingerprint density at radius 2 is 0.488 bits per heavy atom. The molecule has 0 aliphatic heterocycles. The summed E-state index contributed by atoms with van der Waals surface area (Å²) < 4.78 is 0. The van der Waals surface area contributed by atoms with Crippen LogP contribution in [0.5, 0.6) is 0 Å². The van der Waals surface area contributed by atoms with Gasteiger partial charge in [-0.3, -0.25) is 0 Å². The van der Waals surface area contributed by atoms with Crippen molar-refractivity contribution in [3.05, 3.63) is 0 Å². The van der Waals surface area contributed by atoms with E-state index in [-0.39, 0.29) is 72.7 Å². The van der Waals surface area contributed by atoms with Gasteiger partial charge in [0.15, 0.2) is 0 Å². The zero-order chi connectivity index (χ0) is 30.8. The predicted octanol–water partition coefficient (Wildman–Crippen LogP) is -7.24. The summed E-state index contributed by atoms with van der Waals surface area (Å²) in [5, 5.41) is 60.5. The number of carbonyl (C=O) groups is 6. The molecule has 0 amide bonds. The molecule has 0 heterocycles. The van der Waals surface area contributed by atoms with Crippen molar-refractivity contribution in [2.45, 2.75) is 59.3 Å². The first-order chi connectivity index (χ1) is 18.2. The van der Waals surface area contributed by atoms with E-state index in [0.29, 0.717) is 58.9 Å². The van der Waals surface area contributed by atoms with Gasteiger partial charge in [-0.05, 0) is 58.2 Å². The van der Waals surface area contributed by atoms with Crippen LogP contribution in [0, 0.1) is 0 Å². The molecule has 0 saturated heterocycles. The molecule has 238 valence electrons. The number of aliphatic carboxylic acids is 6. The molecule has 17 heteroatoms. The largest absolute Gasteiger partial charge is 3.00 e. The van der Waals surface area contributed by atoms with E-state index in [1.54, 1.807) is 14.7 Å². The molecule has 0 saturated carbocycles. The van der Waals surface area contributed by atoms with Gasteiger partial charge < -0.3 is 74.1 Å². The van der Waals surface area contributed by atoms with E-state index >= 15 is 0 Å². The molecule has 0 spiro atoms. The van der Waals surface area contributed by atoms with Gasteiger partial charge in [-0.1, -0.05) is 20.8 Å². The number of carboxylic acids is 6. The Hall–Kier alpha value is -2.26. The summed E-state index contributed by atoms with van der Waals surface area (Å²) in [5.41, 5.74) is 0. The molecule has 0 N–H and O–H groups in total. The number of rotatable bonds is 21. The smallest absolute Gasteiger partial charge is 0.550 e. The molecule has 0 unspecified atom stereocenters. The third-order valence-electron chi connectivity index (χ3n) is 5.13. The van der Waals surface area contributed by atoms with Gasteiger partial charge in [-0.2, -0.15) is 0 Å². The van der Waals surface area contributed by atoms with Crippen molar-refractivity contribution in [2.75, 3.05) is 58.9 Å². The first-order valence-corrected chi connectivity index (χ1v) is 12.5. The van der Waals surface area contributed by atoms with E-state index in [0.717, 1.165) is 0 Å². The van der Waals surface area contributed by atoms with E-state index in [1.165, 1.54) is 0 Å². The Balaban J connectivity index is -0.000000154. The van der Waals surface area contributed by atoms with E-state index in [4.69, 9.17) is 0 Å². The first kappa shape index (κ1) is 48.5. The first-order valence-electron chi connectivity index (χ1n) is 12.5. The van der Waals surface area contributed by atoms with E-state index in [9.17, 15) is 59.4 Å². The molecule has 41 heavy (non-hydrogen) atoms. The molecule has 15 nitrogen and oxygen atoms in total. The summed E-state index contributed by atoms with van der Waals surface area (Å²) in [6, 6.07) is 0. The Morgan fingerprint density at radius 1 is 0.366 bits per heavy atom. The van der Waals surface area contributed by atoms with Crippen molar-refractivity contribution in [1.29, 1.82) is 0 Å². The third-order valence-corrected chi connectivity index (χ3v) is 5.13. The van der Waals surface area contributed by atoms with E-state index in [1.807, 2.05) is 20.8 Å². The maximum absolute atomic E-state index is 10.1. The summed E-state index contributed by atoms with van der Waals surface area (Å²) in [5.74, 6) is -6.71. The molecule has 0 aromatic rings. The number of hydrogen-bond donors (Lipinski definition) is 0. The maximum Gasteiger partial charge on any atom is 3.00 e. The van der Waals surface area contributed by atoms with Gasteiger partial charge in [-0.15, -0.1) is 0 Å². The third kappa shape index (κ3) is 42.3. The van der Waals surface area contributed by atoms with E-state index < -0.39 is 35.8 Å². The molecule has 0 atom stereocenters. The second kappa shape index (κ2) is 32.3. The van der Waals surface area contributed by atoms with Crippen LogP contribution in [0.1, 0.15) is 59.3 Å². The average Bonchev–Trinajstić information content (AvgIpc) is 2.84. The SMILES string of the molecule is CCN(CCC(=O)[O-])CCC(=O)[O-].CCN(CCC(=O)[O-])CCC(=O)[O-].CCN(CCC(=O)[O-])CCC(=O)[O-].[Fe+3].[Fe+3]. The minimum atomic E-state index is -1.12. The van der Waals surface area contributed by atoms with Crippen LogP contribution in [0.4, 0.5) is 0 Å². The fraction of sp³-hybridized carbons (Fsp3) is 0.750. The normalized spacial score (nSPS) is 9.80. The molecule has 0 aliphatic carbocycles. The predicted molar refractivity (Wildman–Crippen MR) is 124 cm³/mol. The maximum atomic E-state index is 10.1. The molecule has 0 aromatic heterocycles. The van der Waals surface area contributed by atoms with E-state index in [2.05, 4.69) is 0 Å². The summed E-state index contributed by atoms with van der Waals surface area (Å²) >= 11 is 0. The van der Waals surface area contributed by atoms with Crippen LogP contribution in [-0.4, -0.2) is 109 Å². The van der Waals surface area contributed by atoms with Crippen LogP contribution in [0.2, 0.25) is 0 Å². The van der Waals surface area contributed by atoms with Gasteiger partial charge >= 0.3 is 34.1 Å². The zero-order valence-electron chi connectivity index (χ0n) is 23.6. The Labute approximate surface area is 261 Å². The van der Waals surface area contributed by atoms with Gasteiger partial charge in [0.1, 0.15) is 0 Å². The topological polar surface area (TPSA) is 250 Å². The van der Waals surface area contributed by atoms with Crippen molar-refractivity contribution < 1.29 is 93.5 Å². The van der Waals surface area contributed by atoms with Crippen LogP contribution in [-0.2, 0) is 62.9 Å². The quantitative estimate of drug-likeness (QED) is 0.103.